The maximum Gasteiger partial charge on any atom is 0.282 e. The molecule has 0 bridgehead atoms. The Kier molecular flexibility index (Phi) is 7.33. The summed E-state index contributed by atoms with van der Waals surface area (Å²) in [6.07, 6.45) is 2.62. The van der Waals surface area contributed by atoms with Crippen LogP contribution in [0.1, 0.15) is 47.0 Å². The fourth-order valence-electron chi connectivity index (χ4n) is 5.25. The van der Waals surface area contributed by atoms with E-state index >= 15 is 0 Å². The van der Waals surface area contributed by atoms with Gasteiger partial charge in [-0.2, -0.15) is 34.1 Å². The summed E-state index contributed by atoms with van der Waals surface area (Å²) in [6.45, 7) is 11.8. The number of nitrogens with zero attached hydrogens (tertiary/aromatic N) is 4. The molecule has 29 heavy (non-hydrogen) atoms. The Bertz CT molecular complexity index is 689. The molecule has 170 valence electrons. The lowest BCUT2D eigenvalue weighted by atomic mass is 9.94. The third kappa shape index (κ3) is 5.33. The first-order valence-electron chi connectivity index (χ1n) is 11.0. The van der Waals surface area contributed by atoms with Crippen molar-refractivity contribution in [3.63, 3.8) is 0 Å². The van der Waals surface area contributed by atoms with E-state index in [0.717, 1.165) is 12.8 Å². The van der Waals surface area contributed by atoms with Crippen LogP contribution >= 0.6 is 0 Å². The molecule has 0 aliphatic carbocycles. The molecule has 3 aliphatic rings. The predicted octanol–water partition coefficient (Wildman–Crippen LogP) is 1.44. The molecular weight excluding hydrogens is 412 g/mol. The van der Waals surface area contributed by atoms with Gasteiger partial charge in [-0.15, -0.1) is 0 Å². The van der Waals surface area contributed by atoms with E-state index in [9.17, 15) is 16.8 Å². The second-order valence-electron chi connectivity index (χ2n) is 9.69. The van der Waals surface area contributed by atoms with Crippen LogP contribution in [0, 0.1) is 23.7 Å². The van der Waals surface area contributed by atoms with Crippen molar-refractivity contribution >= 4 is 20.4 Å². The Morgan fingerprint density at radius 3 is 1.14 bits per heavy atom. The van der Waals surface area contributed by atoms with E-state index in [1.165, 1.54) is 8.61 Å². The highest BCUT2D eigenvalue weighted by Crippen LogP contribution is 2.27. The Morgan fingerprint density at radius 1 is 0.517 bits per heavy atom. The summed E-state index contributed by atoms with van der Waals surface area (Å²) in [5.41, 5.74) is 0. The van der Waals surface area contributed by atoms with Gasteiger partial charge in [-0.05, 0) is 42.9 Å². The zero-order valence-electron chi connectivity index (χ0n) is 18.3. The quantitative estimate of drug-likeness (QED) is 0.649. The second kappa shape index (κ2) is 9.08. The zero-order chi connectivity index (χ0) is 21.4. The number of hydrogen-bond acceptors (Lipinski definition) is 4. The predicted molar refractivity (Wildman–Crippen MR) is 115 cm³/mol. The molecule has 8 nitrogen and oxygen atoms in total. The van der Waals surface area contributed by atoms with E-state index in [4.69, 9.17) is 0 Å². The van der Waals surface area contributed by atoms with Crippen LogP contribution in [0.15, 0.2) is 0 Å². The van der Waals surface area contributed by atoms with Crippen molar-refractivity contribution in [2.75, 3.05) is 52.4 Å². The first-order chi connectivity index (χ1) is 13.5. The number of piperidine rings is 2. The van der Waals surface area contributed by atoms with Crippen molar-refractivity contribution < 1.29 is 16.8 Å². The molecule has 0 amide bonds. The Morgan fingerprint density at radius 2 is 0.828 bits per heavy atom. The molecule has 3 saturated heterocycles. The topological polar surface area (TPSA) is 81.2 Å². The normalized spacial score (nSPS) is 35.4. The molecule has 0 N–H and O–H groups in total. The van der Waals surface area contributed by atoms with E-state index in [0.29, 0.717) is 69.4 Å². The van der Waals surface area contributed by atoms with Crippen LogP contribution in [0.2, 0.25) is 0 Å². The standard InChI is InChI=1S/C19H38N4O4S2/c1-16-10-17(2)13-22(12-16)28(24,25)20-6-5-7-21(9-8-20)29(26,27)23-14-18(3)11-19(4)15-23/h16-19H,5-15H2,1-4H3/t16-,17+,18-,19+. The van der Waals surface area contributed by atoms with Crippen molar-refractivity contribution in [2.45, 2.75) is 47.0 Å². The lowest BCUT2D eigenvalue weighted by Crippen LogP contribution is -2.52. The molecule has 0 unspecified atom stereocenters. The lowest BCUT2D eigenvalue weighted by molar-refractivity contribution is 0.206. The fraction of sp³-hybridized carbons (Fsp3) is 1.00. The number of hydrogen-bond donors (Lipinski definition) is 0. The zero-order valence-corrected chi connectivity index (χ0v) is 20.0. The molecule has 0 aromatic carbocycles. The lowest BCUT2D eigenvalue weighted by Gasteiger charge is -2.37. The Labute approximate surface area is 177 Å². The first-order valence-corrected chi connectivity index (χ1v) is 13.8. The van der Waals surface area contributed by atoms with Crippen LogP contribution in [0.25, 0.3) is 0 Å². The minimum atomic E-state index is -3.55. The maximum absolute atomic E-state index is 13.2. The smallest absolute Gasteiger partial charge is 0.195 e. The molecule has 3 aliphatic heterocycles. The van der Waals surface area contributed by atoms with Crippen LogP contribution in [-0.4, -0.2) is 86.4 Å². The van der Waals surface area contributed by atoms with Gasteiger partial charge in [-0.1, -0.05) is 27.7 Å². The molecule has 0 spiro atoms. The molecule has 0 aromatic rings. The van der Waals surface area contributed by atoms with Crippen LogP contribution in [0.3, 0.4) is 0 Å². The van der Waals surface area contributed by atoms with Gasteiger partial charge >= 0.3 is 0 Å². The van der Waals surface area contributed by atoms with E-state index in [2.05, 4.69) is 27.7 Å². The van der Waals surface area contributed by atoms with Crippen molar-refractivity contribution in [1.29, 1.82) is 0 Å². The summed E-state index contributed by atoms with van der Waals surface area (Å²) in [5, 5.41) is 0. The largest absolute Gasteiger partial charge is 0.282 e. The first kappa shape index (κ1) is 23.4. The average Bonchev–Trinajstić information content (AvgIpc) is 2.87. The van der Waals surface area contributed by atoms with Gasteiger partial charge in [0.1, 0.15) is 0 Å². The highest BCUT2D eigenvalue weighted by atomic mass is 32.2. The summed E-state index contributed by atoms with van der Waals surface area (Å²) < 4.78 is 59.0. The van der Waals surface area contributed by atoms with Gasteiger partial charge in [-0.25, -0.2) is 0 Å². The monoisotopic (exact) mass is 450 g/mol. The van der Waals surface area contributed by atoms with Crippen LogP contribution in [-0.2, 0) is 20.4 Å². The van der Waals surface area contributed by atoms with Crippen molar-refractivity contribution in [2.24, 2.45) is 23.7 Å². The molecule has 3 rings (SSSR count). The highest BCUT2D eigenvalue weighted by molar-refractivity contribution is 7.87. The summed E-state index contributed by atoms with van der Waals surface area (Å²) in [4.78, 5) is 0. The molecule has 3 heterocycles. The van der Waals surface area contributed by atoms with E-state index in [1.807, 2.05) is 0 Å². The van der Waals surface area contributed by atoms with Crippen molar-refractivity contribution in [1.82, 2.24) is 17.2 Å². The van der Waals surface area contributed by atoms with Gasteiger partial charge in [0.2, 0.25) is 0 Å². The van der Waals surface area contributed by atoms with E-state index < -0.39 is 20.4 Å². The minimum absolute atomic E-state index is 0.222. The van der Waals surface area contributed by atoms with Gasteiger partial charge in [0, 0.05) is 52.4 Å². The molecule has 0 saturated carbocycles. The van der Waals surface area contributed by atoms with E-state index in [-0.39, 0.29) is 13.1 Å². The molecule has 10 heteroatoms. The number of rotatable bonds is 4. The minimum Gasteiger partial charge on any atom is -0.195 e. The second-order valence-corrected chi connectivity index (χ2v) is 13.6. The summed E-state index contributed by atoms with van der Waals surface area (Å²) in [7, 11) is -7.11. The maximum atomic E-state index is 13.2. The van der Waals surface area contributed by atoms with Gasteiger partial charge in [0.25, 0.3) is 20.4 Å². The van der Waals surface area contributed by atoms with Crippen molar-refractivity contribution in [3.8, 4) is 0 Å². The van der Waals surface area contributed by atoms with Crippen LogP contribution in [0.4, 0.5) is 0 Å². The molecule has 3 fully saturated rings. The Balaban J connectivity index is 1.68. The van der Waals surface area contributed by atoms with Gasteiger partial charge < -0.3 is 0 Å². The SMILES string of the molecule is C[C@@H]1C[C@H](C)CN(S(=O)(=O)N2CCCN(S(=O)(=O)N3C[C@H](C)C[C@H](C)C3)CC2)C1. The summed E-state index contributed by atoms with van der Waals surface area (Å²) in [5.74, 6) is 1.39. The van der Waals surface area contributed by atoms with Crippen LogP contribution < -0.4 is 0 Å². The van der Waals surface area contributed by atoms with Crippen molar-refractivity contribution in [3.05, 3.63) is 0 Å². The van der Waals surface area contributed by atoms with Gasteiger partial charge in [0.15, 0.2) is 0 Å². The summed E-state index contributed by atoms with van der Waals surface area (Å²) >= 11 is 0. The third-order valence-corrected chi connectivity index (χ3v) is 10.3. The molecule has 0 radical (unpaired) electrons. The average molecular weight is 451 g/mol. The molecular formula is C19H38N4O4S2. The van der Waals surface area contributed by atoms with E-state index in [1.54, 1.807) is 8.61 Å². The highest BCUT2D eigenvalue weighted by Gasteiger charge is 2.39. The molecule has 0 aromatic heterocycles. The third-order valence-electron chi connectivity index (χ3n) is 6.39. The summed E-state index contributed by atoms with van der Waals surface area (Å²) in [6, 6.07) is 0. The van der Waals surface area contributed by atoms with Gasteiger partial charge in [-0.3, -0.25) is 0 Å². The molecule has 4 atom stereocenters. The Hall–Kier alpha value is -0.260. The van der Waals surface area contributed by atoms with Gasteiger partial charge in [0.05, 0.1) is 0 Å². The fourth-order valence-corrected chi connectivity index (χ4v) is 9.02. The van der Waals surface area contributed by atoms with Crippen LogP contribution in [0.5, 0.6) is 0 Å².